The minimum Gasteiger partial charge on any atom is -0.507 e. The molecule has 0 bridgehead atoms. The number of rotatable bonds is 3. The van der Waals surface area contributed by atoms with Crippen LogP contribution in [0.3, 0.4) is 0 Å². The smallest absolute Gasteiger partial charge is 0.136 e. The molecule has 2 nitrogen and oxygen atoms in total. The van der Waals surface area contributed by atoms with E-state index in [4.69, 9.17) is 12.2 Å². The lowest BCUT2D eigenvalue weighted by Gasteiger charge is -2.32. The van der Waals surface area contributed by atoms with Crippen LogP contribution in [0.4, 0.5) is 0 Å². The van der Waals surface area contributed by atoms with E-state index in [-0.39, 0.29) is 0 Å². The third-order valence-electron chi connectivity index (χ3n) is 4.32. The van der Waals surface area contributed by atoms with Gasteiger partial charge in [-0.05, 0) is 43.4 Å². The average Bonchev–Trinajstić information content (AvgIpc) is 2.50. The molecule has 0 saturated heterocycles. The summed E-state index contributed by atoms with van der Waals surface area (Å²) in [5.41, 5.74) is 3.11. The van der Waals surface area contributed by atoms with Crippen molar-refractivity contribution in [2.45, 2.75) is 57.7 Å². The van der Waals surface area contributed by atoms with Gasteiger partial charge in [0.15, 0.2) is 0 Å². The van der Waals surface area contributed by atoms with Gasteiger partial charge in [-0.3, -0.25) is 0 Å². The van der Waals surface area contributed by atoms with Crippen molar-refractivity contribution < 1.29 is 5.11 Å². The fraction of sp³-hybridized carbons (Fsp3) is 0.588. The van der Waals surface area contributed by atoms with Gasteiger partial charge in [0.1, 0.15) is 10.1 Å². The lowest BCUT2D eigenvalue weighted by Crippen LogP contribution is -2.35. The number of phenolic OH excluding ortho intramolecular Hbond substituents is 1. The summed E-state index contributed by atoms with van der Waals surface area (Å²) in [4.78, 5) is 2.29. The second kappa shape index (κ2) is 7.50. The molecule has 0 spiro atoms. The molecule has 0 radical (unpaired) electrons. The first-order valence-corrected chi connectivity index (χ1v) is 9.07. The molecule has 1 fully saturated rings. The Morgan fingerprint density at radius 3 is 2.38 bits per heavy atom. The van der Waals surface area contributed by atoms with E-state index in [2.05, 4.69) is 24.1 Å². The Labute approximate surface area is 137 Å². The zero-order valence-corrected chi connectivity index (χ0v) is 14.8. The van der Waals surface area contributed by atoms with Gasteiger partial charge in [-0.2, -0.15) is 0 Å². The summed E-state index contributed by atoms with van der Waals surface area (Å²) in [6, 6.07) is 4.74. The van der Waals surface area contributed by atoms with Crippen LogP contribution < -0.4 is 0 Å². The van der Waals surface area contributed by atoms with Gasteiger partial charge in [-0.25, -0.2) is 0 Å². The Morgan fingerprint density at radius 1 is 1.24 bits per heavy atom. The molecule has 0 aliphatic heterocycles. The Kier molecular flexibility index (Phi) is 5.94. The molecule has 4 heteroatoms. The van der Waals surface area contributed by atoms with E-state index in [0.29, 0.717) is 11.8 Å². The lowest BCUT2D eigenvalue weighted by molar-refractivity contribution is 0.285. The van der Waals surface area contributed by atoms with Crippen LogP contribution in [0.5, 0.6) is 5.75 Å². The van der Waals surface area contributed by atoms with Crippen molar-refractivity contribution in [2.24, 2.45) is 0 Å². The summed E-state index contributed by atoms with van der Waals surface area (Å²) in [6.07, 6.45) is 6.58. The maximum Gasteiger partial charge on any atom is 0.136 e. The molecule has 1 saturated carbocycles. The van der Waals surface area contributed by atoms with Crippen molar-refractivity contribution in [3.8, 4) is 5.75 Å². The molecule has 116 valence electrons. The van der Waals surface area contributed by atoms with Gasteiger partial charge in [-0.15, -0.1) is 0 Å². The minimum atomic E-state index is 0.408. The number of nitrogens with zero attached hydrogens (tertiary/aromatic N) is 1. The van der Waals surface area contributed by atoms with E-state index in [0.717, 1.165) is 21.2 Å². The summed E-state index contributed by atoms with van der Waals surface area (Å²) in [5.74, 6) is 1.28. The van der Waals surface area contributed by atoms with E-state index in [1.807, 2.05) is 13.8 Å². The fourth-order valence-electron chi connectivity index (χ4n) is 2.99. The van der Waals surface area contributed by atoms with Crippen molar-refractivity contribution in [3.63, 3.8) is 0 Å². The van der Waals surface area contributed by atoms with Crippen molar-refractivity contribution in [3.05, 3.63) is 28.8 Å². The third kappa shape index (κ3) is 4.36. The molecule has 0 heterocycles. The van der Waals surface area contributed by atoms with Crippen LogP contribution in [0.2, 0.25) is 0 Å². The predicted molar refractivity (Wildman–Crippen MR) is 96.1 cm³/mol. The van der Waals surface area contributed by atoms with Gasteiger partial charge in [-0.1, -0.05) is 55.4 Å². The largest absolute Gasteiger partial charge is 0.507 e. The second-order valence-corrected chi connectivity index (χ2v) is 7.64. The molecule has 21 heavy (non-hydrogen) atoms. The van der Waals surface area contributed by atoms with Crippen LogP contribution in [-0.2, 0) is 5.75 Å². The highest BCUT2D eigenvalue weighted by Crippen LogP contribution is 2.28. The molecular weight excluding hydrogens is 298 g/mol. The Hall–Kier alpha value is -0.740. The third-order valence-corrected chi connectivity index (χ3v) is 5.98. The van der Waals surface area contributed by atoms with Gasteiger partial charge in [0.25, 0.3) is 0 Å². The number of benzene rings is 1. The van der Waals surface area contributed by atoms with Crippen LogP contribution in [0.25, 0.3) is 0 Å². The SMILES string of the molecule is Cc1cc(CSC(=S)N(C)C2CCCCC2)cc(C)c1O. The van der Waals surface area contributed by atoms with Crippen LogP contribution in [0.15, 0.2) is 12.1 Å². The van der Waals surface area contributed by atoms with E-state index >= 15 is 0 Å². The maximum atomic E-state index is 9.83. The van der Waals surface area contributed by atoms with Crippen LogP contribution in [-0.4, -0.2) is 27.4 Å². The van der Waals surface area contributed by atoms with Crippen molar-refractivity contribution >= 4 is 28.3 Å². The number of thiocarbonyl (C=S) groups is 1. The predicted octanol–water partition coefficient (Wildman–Crippen LogP) is 4.79. The van der Waals surface area contributed by atoms with E-state index in [9.17, 15) is 5.11 Å². The van der Waals surface area contributed by atoms with E-state index in [1.165, 1.54) is 37.7 Å². The molecule has 0 atom stereocenters. The van der Waals surface area contributed by atoms with Crippen LogP contribution in [0.1, 0.15) is 48.8 Å². The maximum absolute atomic E-state index is 9.83. The molecule has 1 aliphatic carbocycles. The number of hydrogen-bond acceptors (Lipinski definition) is 3. The van der Waals surface area contributed by atoms with Gasteiger partial charge < -0.3 is 10.0 Å². The van der Waals surface area contributed by atoms with Gasteiger partial charge in [0.2, 0.25) is 0 Å². The summed E-state index contributed by atoms with van der Waals surface area (Å²) in [7, 11) is 2.14. The number of hydrogen-bond donors (Lipinski definition) is 1. The molecule has 1 aromatic rings. The minimum absolute atomic E-state index is 0.408. The zero-order chi connectivity index (χ0) is 15.4. The van der Waals surface area contributed by atoms with Crippen molar-refractivity contribution in [1.29, 1.82) is 0 Å². The number of phenols is 1. The summed E-state index contributed by atoms with van der Waals surface area (Å²) < 4.78 is 0.991. The van der Waals surface area contributed by atoms with Crippen LogP contribution >= 0.6 is 24.0 Å². The van der Waals surface area contributed by atoms with E-state index < -0.39 is 0 Å². The van der Waals surface area contributed by atoms with Crippen LogP contribution in [0, 0.1) is 13.8 Å². The van der Waals surface area contributed by atoms with Gasteiger partial charge >= 0.3 is 0 Å². The monoisotopic (exact) mass is 323 g/mol. The normalized spacial score (nSPS) is 16.0. The van der Waals surface area contributed by atoms with Crippen molar-refractivity contribution in [1.82, 2.24) is 4.90 Å². The highest BCUT2D eigenvalue weighted by molar-refractivity contribution is 8.22. The molecule has 0 amide bonds. The molecule has 1 aliphatic rings. The molecule has 0 unspecified atom stereocenters. The standard InChI is InChI=1S/C17H25NOS2/c1-12-9-14(10-13(2)16(12)19)11-21-17(20)18(3)15-7-5-4-6-8-15/h9-10,15,19H,4-8,11H2,1-3H3. The Bertz CT molecular complexity index is 487. The number of thioether (sulfide) groups is 1. The zero-order valence-electron chi connectivity index (χ0n) is 13.2. The molecule has 2 rings (SSSR count). The van der Waals surface area contributed by atoms with Gasteiger partial charge in [0.05, 0.1) is 0 Å². The van der Waals surface area contributed by atoms with Crippen molar-refractivity contribution in [2.75, 3.05) is 7.05 Å². The molecule has 1 N–H and O–H groups in total. The summed E-state index contributed by atoms with van der Waals surface area (Å²) >= 11 is 7.32. The number of aromatic hydroxyl groups is 1. The molecule has 0 aromatic heterocycles. The first kappa shape index (κ1) is 16.6. The molecule has 1 aromatic carbocycles. The highest BCUT2D eigenvalue weighted by atomic mass is 32.2. The summed E-state index contributed by atoms with van der Waals surface area (Å²) in [6.45, 7) is 3.89. The quantitative estimate of drug-likeness (QED) is 0.808. The molecular formula is C17H25NOS2. The highest BCUT2D eigenvalue weighted by Gasteiger charge is 2.20. The lowest BCUT2D eigenvalue weighted by atomic mass is 9.95. The van der Waals surface area contributed by atoms with Gasteiger partial charge in [0, 0.05) is 18.8 Å². The number of aryl methyl sites for hydroxylation is 2. The Balaban J connectivity index is 1.91. The first-order chi connectivity index (χ1) is 9.99. The second-order valence-electron chi connectivity index (χ2n) is 6.04. The summed E-state index contributed by atoms with van der Waals surface area (Å²) in [5, 5.41) is 9.83. The first-order valence-electron chi connectivity index (χ1n) is 7.67. The average molecular weight is 324 g/mol. The topological polar surface area (TPSA) is 23.5 Å². The van der Waals surface area contributed by atoms with E-state index in [1.54, 1.807) is 11.8 Å². The fourth-order valence-corrected chi connectivity index (χ4v) is 4.13. The Morgan fingerprint density at radius 2 is 1.81 bits per heavy atom.